The van der Waals surface area contributed by atoms with Crippen LogP contribution in [0.25, 0.3) is 6.08 Å². The van der Waals surface area contributed by atoms with E-state index in [1.807, 2.05) is 49.4 Å². The summed E-state index contributed by atoms with van der Waals surface area (Å²) in [6, 6.07) is 12.3. The highest BCUT2D eigenvalue weighted by Gasteiger charge is 2.33. The van der Waals surface area contributed by atoms with Gasteiger partial charge in [0.05, 0.1) is 46.6 Å². The monoisotopic (exact) mass is 556 g/mol. The van der Waals surface area contributed by atoms with E-state index in [-0.39, 0.29) is 12.2 Å². The zero-order chi connectivity index (χ0) is 25.1. The Morgan fingerprint density at radius 1 is 1.17 bits per heavy atom. The molecular formula is C26H25BrN2O5S. The van der Waals surface area contributed by atoms with Crippen molar-refractivity contribution in [1.29, 1.82) is 0 Å². The van der Waals surface area contributed by atoms with Crippen LogP contribution in [-0.2, 0) is 9.53 Å². The third-order valence-electron chi connectivity index (χ3n) is 5.50. The summed E-state index contributed by atoms with van der Waals surface area (Å²) in [7, 11) is 1.58. The van der Waals surface area contributed by atoms with Gasteiger partial charge in [0.1, 0.15) is 11.5 Å². The fraction of sp³-hybridized carbons (Fsp3) is 0.269. The number of methoxy groups -OCH3 is 1. The zero-order valence-electron chi connectivity index (χ0n) is 19.8. The molecule has 4 rings (SSSR count). The smallest absolute Gasteiger partial charge is 0.338 e. The lowest BCUT2D eigenvalue weighted by Crippen LogP contribution is -2.39. The van der Waals surface area contributed by atoms with E-state index in [0.717, 1.165) is 16.9 Å². The summed E-state index contributed by atoms with van der Waals surface area (Å²) in [5.74, 6) is 0.924. The summed E-state index contributed by atoms with van der Waals surface area (Å²) < 4.78 is 19.0. The van der Waals surface area contributed by atoms with Crippen molar-refractivity contribution in [3.63, 3.8) is 0 Å². The van der Waals surface area contributed by atoms with Crippen LogP contribution in [0.2, 0.25) is 0 Å². The Balaban J connectivity index is 1.90. The van der Waals surface area contributed by atoms with Gasteiger partial charge in [-0.25, -0.2) is 9.79 Å². The second-order valence-corrected chi connectivity index (χ2v) is 9.56. The Kier molecular flexibility index (Phi) is 7.57. The van der Waals surface area contributed by atoms with E-state index < -0.39 is 12.0 Å². The number of allylic oxidation sites excluding steroid dienone is 1. The van der Waals surface area contributed by atoms with Crippen LogP contribution < -0.4 is 24.4 Å². The number of hydrogen-bond acceptors (Lipinski definition) is 7. The van der Waals surface area contributed by atoms with Crippen molar-refractivity contribution < 1.29 is 19.0 Å². The Morgan fingerprint density at radius 2 is 1.91 bits per heavy atom. The topological polar surface area (TPSA) is 79.1 Å². The minimum absolute atomic E-state index is 0.219. The molecule has 1 aromatic heterocycles. The summed E-state index contributed by atoms with van der Waals surface area (Å²) >= 11 is 4.81. The van der Waals surface area contributed by atoms with Crippen LogP contribution >= 0.6 is 27.3 Å². The molecule has 182 valence electrons. The third-order valence-corrected chi connectivity index (χ3v) is 7.10. The molecule has 0 saturated heterocycles. The molecule has 2 aromatic carbocycles. The molecule has 35 heavy (non-hydrogen) atoms. The van der Waals surface area contributed by atoms with E-state index in [1.165, 1.54) is 11.3 Å². The van der Waals surface area contributed by atoms with Gasteiger partial charge in [-0.3, -0.25) is 9.36 Å². The molecule has 0 N–H and O–H groups in total. The Labute approximate surface area is 215 Å². The Bertz CT molecular complexity index is 1470. The average Bonchev–Trinajstić information content (AvgIpc) is 3.14. The van der Waals surface area contributed by atoms with Crippen molar-refractivity contribution in [3.05, 3.63) is 89.0 Å². The van der Waals surface area contributed by atoms with E-state index in [9.17, 15) is 9.59 Å². The molecule has 0 fully saturated rings. The first-order valence-electron chi connectivity index (χ1n) is 11.1. The number of halogens is 1. The number of esters is 1. The predicted octanol–water partition coefficient (Wildman–Crippen LogP) is 3.97. The lowest BCUT2D eigenvalue weighted by molar-refractivity contribution is -0.139. The number of nitrogens with zero attached hydrogens (tertiary/aromatic N) is 2. The zero-order valence-corrected chi connectivity index (χ0v) is 22.2. The highest BCUT2D eigenvalue weighted by atomic mass is 79.9. The first-order valence-corrected chi connectivity index (χ1v) is 12.7. The summed E-state index contributed by atoms with van der Waals surface area (Å²) in [6.07, 6.45) is 1.82. The number of fused-ring (bicyclic) bond motifs is 1. The molecule has 1 aliphatic heterocycles. The van der Waals surface area contributed by atoms with Gasteiger partial charge in [-0.15, -0.1) is 0 Å². The van der Waals surface area contributed by atoms with Crippen LogP contribution in [0, 0.1) is 0 Å². The van der Waals surface area contributed by atoms with Gasteiger partial charge in [0, 0.05) is 0 Å². The van der Waals surface area contributed by atoms with Crippen LogP contribution in [0.4, 0.5) is 0 Å². The number of benzene rings is 2. The van der Waals surface area contributed by atoms with Crippen molar-refractivity contribution in [1.82, 2.24) is 4.57 Å². The molecule has 0 radical (unpaired) electrons. The lowest BCUT2D eigenvalue weighted by atomic mass is 9.96. The average molecular weight is 557 g/mol. The maximum absolute atomic E-state index is 13.7. The van der Waals surface area contributed by atoms with Gasteiger partial charge in [0.25, 0.3) is 5.56 Å². The van der Waals surface area contributed by atoms with E-state index in [1.54, 1.807) is 31.6 Å². The maximum Gasteiger partial charge on any atom is 0.338 e. The van der Waals surface area contributed by atoms with Crippen molar-refractivity contribution in [3.8, 4) is 11.5 Å². The number of hydrogen-bond donors (Lipinski definition) is 0. The largest absolute Gasteiger partial charge is 0.496 e. The normalized spacial score (nSPS) is 15.5. The molecule has 0 unspecified atom stereocenters. The van der Waals surface area contributed by atoms with E-state index >= 15 is 0 Å². The highest BCUT2D eigenvalue weighted by molar-refractivity contribution is 9.10. The fourth-order valence-electron chi connectivity index (χ4n) is 3.94. The van der Waals surface area contributed by atoms with Crippen molar-refractivity contribution in [2.75, 3.05) is 20.3 Å². The molecule has 9 heteroatoms. The van der Waals surface area contributed by atoms with Gasteiger partial charge in [-0.05, 0) is 78.2 Å². The van der Waals surface area contributed by atoms with E-state index in [0.29, 0.717) is 37.4 Å². The Morgan fingerprint density at radius 3 is 2.54 bits per heavy atom. The Hall–Kier alpha value is -3.17. The number of ether oxygens (including phenoxy) is 3. The molecule has 0 aliphatic carbocycles. The highest BCUT2D eigenvalue weighted by Crippen LogP contribution is 2.35. The second-order valence-electron chi connectivity index (χ2n) is 7.70. The van der Waals surface area contributed by atoms with E-state index in [2.05, 4.69) is 20.9 Å². The molecule has 0 saturated carbocycles. The minimum atomic E-state index is -0.685. The standard InChI is InChI=1S/C26H25BrN2O5S/c1-5-33-18-10-7-16(8-11-18)13-21-24(30)29-23(17-9-12-20(32-4)19(27)14-17)22(25(31)34-6-2)15(3)28-26(29)35-21/h7-14,23H,5-6H2,1-4H3/b21-13+/t23-/m0/s1. The van der Waals surface area contributed by atoms with Gasteiger partial charge < -0.3 is 14.2 Å². The van der Waals surface area contributed by atoms with Crippen LogP contribution in [-0.4, -0.2) is 30.9 Å². The van der Waals surface area contributed by atoms with Gasteiger partial charge >= 0.3 is 5.97 Å². The first-order chi connectivity index (χ1) is 16.9. The molecule has 0 amide bonds. The van der Waals surface area contributed by atoms with Crippen molar-refractivity contribution in [2.45, 2.75) is 26.8 Å². The van der Waals surface area contributed by atoms with Gasteiger partial charge in [0.15, 0.2) is 4.80 Å². The second kappa shape index (κ2) is 10.6. The van der Waals surface area contributed by atoms with Gasteiger partial charge in [-0.1, -0.05) is 29.5 Å². The molecule has 0 bridgehead atoms. The number of carbonyl (C=O) groups excluding carboxylic acids is 1. The summed E-state index contributed by atoms with van der Waals surface area (Å²) in [6.45, 7) is 6.25. The van der Waals surface area contributed by atoms with Crippen LogP contribution in [0.5, 0.6) is 11.5 Å². The molecule has 7 nitrogen and oxygen atoms in total. The lowest BCUT2D eigenvalue weighted by Gasteiger charge is -2.25. The molecule has 1 atom stereocenters. The number of thiazole rings is 1. The maximum atomic E-state index is 13.7. The first kappa shape index (κ1) is 24.9. The molecular weight excluding hydrogens is 532 g/mol. The van der Waals surface area contributed by atoms with Crippen LogP contribution in [0.1, 0.15) is 37.9 Å². The van der Waals surface area contributed by atoms with Gasteiger partial charge in [0.2, 0.25) is 0 Å². The summed E-state index contributed by atoms with van der Waals surface area (Å²) in [5.41, 5.74) is 2.24. The molecule has 2 heterocycles. The van der Waals surface area contributed by atoms with Gasteiger partial charge in [-0.2, -0.15) is 0 Å². The quantitative estimate of drug-likeness (QED) is 0.411. The summed E-state index contributed by atoms with van der Waals surface area (Å²) in [4.78, 5) is 31.8. The molecule has 3 aromatic rings. The fourth-order valence-corrected chi connectivity index (χ4v) is 5.54. The van der Waals surface area contributed by atoms with Crippen molar-refractivity contribution in [2.24, 2.45) is 4.99 Å². The number of carbonyl (C=O) groups is 1. The third kappa shape index (κ3) is 4.97. The molecule has 1 aliphatic rings. The SMILES string of the molecule is CCOC(=O)C1=C(C)N=c2s/c(=C/c3ccc(OCC)cc3)c(=O)n2[C@H]1c1ccc(OC)c(Br)c1. The summed E-state index contributed by atoms with van der Waals surface area (Å²) in [5, 5.41) is 0. The predicted molar refractivity (Wildman–Crippen MR) is 139 cm³/mol. The number of aromatic nitrogens is 1. The van der Waals surface area contributed by atoms with Crippen molar-refractivity contribution >= 4 is 39.3 Å². The molecule has 0 spiro atoms. The van der Waals surface area contributed by atoms with Crippen LogP contribution in [0.3, 0.4) is 0 Å². The number of rotatable bonds is 7. The van der Waals surface area contributed by atoms with E-state index in [4.69, 9.17) is 14.2 Å². The minimum Gasteiger partial charge on any atom is -0.496 e. The van der Waals surface area contributed by atoms with Crippen LogP contribution in [0.15, 0.2) is 68.0 Å².